The molecule has 0 saturated heterocycles. The molecule has 0 fully saturated rings. The minimum Gasteiger partial charge on any atom is -0.393 e. The molecule has 0 aliphatic heterocycles. The normalized spacial score (nSPS) is 16.6. The number of fused-ring (bicyclic) bond motifs is 1. The van der Waals surface area contributed by atoms with E-state index in [2.05, 4.69) is 16.7 Å². The van der Waals surface area contributed by atoms with Crippen LogP contribution in [0.1, 0.15) is 28.7 Å². The molecule has 0 spiro atoms. The summed E-state index contributed by atoms with van der Waals surface area (Å²) >= 11 is 0. The van der Waals surface area contributed by atoms with Gasteiger partial charge in [-0.25, -0.2) is 4.79 Å². The fourth-order valence-corrected chi connectivity index (χ4v) is 2.99. The van der Waals surface area contributed by atoms with Gasteiger partial charge < -0.3 is 15.7 Å². The van der Waals surface area contributed by atoms with Crippen LogP contribution >= 0.6 is 0 Å². The molecule has 0 saturated carbocycles. The number of urea groups is 1. The van der Waals surface area contributed by atoms with Crippen LogP contribution in [0.25, 0.3) is 0 Å². The van der Waals surface area contributed by atoms with E-state index in [0.29, 0.717) is 6.42 Å². The van der Waals surface area contributed by atoms with Gasteiger partial charge in [-0.2, -0.15) is 0 Å². The Morgan fingerprint density at radius 3 is 2.74 bits per heavy atom. The number of aliphatic hydroxyl groups is 1. The lowest BCUT2D eigenvalue weighted by Gasteiger charge is -2.23. The summed E-state index contributed by atoms with van der Waals surface area (Å²) in [5.41, 5.74) is 6.14. The zero-order valence-corrected chi connectivity index (χ0v) is 13.5. The number of hydrogen-bond donors (Lipinski definition) is 3. The van der Waals surface area contributed by atoms with Gasteiger partial charge in [-0.1, -0.05) is 18.2 Å². The summed E-state index contributed by atoms with van der Waals surface area (Å²) in [4.78, 5) is 12.3. The maximum atomic E-state index is 12.3. The lowest BCUT2D eigenvalue weighted by molar-refractivity contribution is 0.159. The van der Waals surface area contributed by atoms with E-state index in [1.807, 2.05) is 44.2 Å². The molecule has 2 aromatic rings. The van der Waals surface area contributed by atoms with Crippen LogP contribution in [0.2, 0.25) is 0 Å². The van der Waals surface area contributed by atoms with Gasteiger partial charge in [0.1, 0.15) is 0 Å². The third-order valence-corrected chi connectivity index (χ3v) is 4.47. The second-order valence-corrected chi connectivity index (χ2v) is 6.22. The van der Waals surface area contributed by atoms with E-state index in [0.717, 1.165) is 35.3 Å². The van der Waals surface area contributed by atoms with Gasteiger partial charge in [0.05, 0.1) is 6.10 Å². The predicted octanol–water partition coefficient (Wildman–Crippen LogP) is 3.80. The van der Waals surface area contributed by atoms with Gasteiger partial charge in [-0.3, -0.25) is 0 Å². The Balaban J connectivity index is 1.74. The summed E-state index contributed by atoms with van der Waals surface area (Å²) in [6.07, 6.45) is 1.90. The van der Waals surface area contributed by atoms with Crippen LogP contribution in [0, 0.1) is 13.8 Å². The highest BCUT2D eigenvalue weighted by Crippen LogP contribution is 2.28. The molecule has 120 valence electrons. The summed E-state index contributed by atoms with van der Waals surface area (Å²) in [6, 6.07) is 11.5. The highest BCUT2D eigenvalue weighted by atomic mass is 16.3. The van der Waals surface area contributed by atoms with E-state index < -0.39 is 0 Å². The quantitative estimate of drug-likeness (QED) is 0.790. The van der Waals surface area contributed by atoms with E-state index in [-0.39, 0.29) is 12.1 Å². The van der Waals surface area contributed by atoms with Gasteiger partial charge in [-0.05, 0) is 67.1 Å². The molecule has 0 aromatic heterocycles. The molecule has 0 heterocycles. The summed E-state index contributed by atoms with van der Waals surface area (Å²) < 4.78 is 0. The number of aryl methyl sites for hydroxylation is 3. The summed E-state index contributed by atoms with van der Waals surface area (Å²) in [7, 11) is 0. The molecule has 0 radical (unpaired) electrons. The first-order chi connectivity index (χ1) is 11.0. The third-order valence-electron chi connectivity index (χ3n) is 4.47. The highest BCUT2D eigenvalue weighted by molar-refractivity contribution is 6.00. The molecule has 23 heavy (non-hydrogen) atoms. The minimum absolute atomic E-state index is 0.262. The van der Waals surface area contributed by atoms with Gasteiger partial charge in [0.2, 0.25) is 0 Å². The zero-order valence-electron chi connectivity index (χ0n) is 13.5. The van der Waals surface area contributed by atoms with Gasteiger partial charge in [0.25, 0.3) is 0 Å². The van der Waals surface area contributed by atoms with Crippen molar-refractivity contribution >= 4 is 17.4 Å². The molecule has 4 nitrogen and oxygen atoms in total. The maximum absolute atomic E-state index is 12.3. The number of nitrogens with one attached hydrogen (secondary N) is 2. The van der Waals surface area contributed by atoms with E-state index in [4.69, 9.17) is 0 Å². The van der Waals surface area contributed by atoms with Crippen LogP contribution < -0.4 is 10.6 Å². The molecule has 1 unspecified atom stereocenters. The number of carbonyl (C=O) groups is 1. The largest absolute Gasteiger partial charge is 0.393 e. The van der Waals surface area contributed by atoms with E-state index >= 15 is 0 Å². The van der Waals surface area contributed by atoms with Crippen LogP contribution in [0.4, 0.5) is 16.2 Å². The van der Waals surface area contributed by atoms with E-state index in [9.17, 15) is 9.90 Å². The van der Waals surface area contributed by atoms with Crippen molar-refractivity contribution in [3.63, 3.8) is 0 Å². The number of anilines is 2. The van der Waals surface area contributed by atoms with Crippen molar-refractivity contribution in [2.75, 3.05) is 10.6 Å². The molecule has 2 amide bonds. The Kier molecular flexibility index (Phi) is 4.35. The second kappa shape index (κ2) is 6.42. The molecule has 3 N–H and O–H groups in total. The molecular weight excluding hydrogens is 288 g/mol. The third kappa shape index (κ3) is 3.54. The predicted molar refractivity (Wildman–Crippen MR) is 93.0 cm³/mol. The van der Waals surface area contributed by atoms with Crippen molar-refractivity contribution in [3.05, 3.63) is 58.7 Å². The van der Waals surface area contributed by atoms with E-state index in [1.165, 1.54) is 11.1 Å². The Bertz CT molecular complexity index is 740. The van der Waals surface area contributed by atoms with Crippen molar-refractivity contribution in [3.8, 4) is 0 Å². The fraction of sp³-hybridized carbons (Fsp3) is 0.316. The van der Waals surface area contributed by atoms with Crippen molar-refractivity contribution < 1.29 is 9.90 Å². The molecule has 3 rings (SSSR count). The van der Waals surface area contributed by atoms with Crippen molar-refractivity contribution in [1.29, 1.82) is 0 Å². The number of aliphatic hydroxyl groups excluding tert-OH is 1. The monoisotopic (exact) mass is 310 g/mol. The number of hydrogen-bond acceptors (Lipinski definition) is 2. The van der Waals surface area contributed by atoms with Crippen molar-refractivity contribution in [2.24, 2.45) is 0 Å². The van der Waals surface area contributed by atoms with Crippen LogP contribution in [0.3, 0.4) is 0 Å². The number of amides is 2. The van der Waals surface area contributed by atoms with Gasteiger partial charge in [-0.15, -0.1) is 0 Å². The summed E-state index contributed by atoms with van der Waals surface area (Å²) in [5, 5.41) is 15.7. The molecule has 0 bridgehead atoms. The smallest absolute Gasteiger partial charge is 0.323 e. The average Bonchev–Trinajstić information content (AvgIpc) is 2.51. The maximum Gasteiger partial charge on any atom is 0.323 e. The summed E-state index contributed by atoms with van der Waals surface area (Å²) in [6.45, 7) is 4.06. The molecule has 1 aliphatic carbocycles. The second-order valence-electron chi connectivity index (χ2n) is 6.22. The number of rotatable bonds is 2. The lowest BCUT2D eigenvalue weighted by atomic mass is 9.88. The van der Waals surface area contributed by atoms with Crippen LogP contribution in [0.15, 0.2) is 36.4 Å². The number of carbonyl (C=O) groups excluding carboxylic acids is 1. The van der Waals surface area contributed by atoms with Crippen molar-refractivity contribution in [1.82, 2.24) is 0 Å². The molecule has 1 aliphatic rings. The Hall–Kier alpha value is -2.33. The Labute approximate surface area is 136 Å². The molecule has 4 heteroatoms. The topological polar surface area (TPSA) is 61.4 Å². The van der Waals surface area contributed by atoms with Crippen LogP contribution in [-0.2, 0) is 12.8 Å². The fourth-order valence-electron chi connectivity index (χ4n) is 2.99. The van der Waals surface area contributed by atoms with E-state index in [1.54, 1.807) is 0 Å². The minimum atomic E-state index is -0.326. The standard InChI is InChI=1S/C19H22N2O2/c1-12-6-8-15(10-13(12)2)20-19(23)21-18-5-3-4-14-7-9-16(22)11-17(14)18/h3-6,8,10,16,22H,7,9,11H2,1-2H3,(H2,20,21,23). The first-order valence-corrected chi connectivity index (χ1v) is 7.97. The van der Waals surface area contributed by atoms with Crippen LogP contribution in [0.5, 0.6) is 0 Å². The number of benzene rings is 2. The first-order valence-electron chi connectivity index (χ1n) is 7.97. The van der Waals surface area contributed by atoms with Gasteiger partial charge >= 0.3 is 6.03 Å². The molecular formula is C19H22N2O2. The molecule has 1 atom stereocenters. The lowest BCUT2D eigenvalue weighted by Crippen LogP contribution is -2.24. The zero-order chi connectivity index (χ0) is 16.4. The SMILES string of the molecule is Cc1ccc(NC(=O)Nc2cccc3c2CC(O)CC3)cc1C. The van der Waals surface area contributed by atoms with Crippen LogP contribution in [-0.4, -0.2) is 17.2 Å². The Morgan fingerprint density at radius 2 is 1.96 bits per heavy atom. The van der Waals surface area contributed by atoms with Crippen molar-refractivity contribution in [2.45, 2.75) is 39.2 Å². The van der Waals surface area contributed by atoms with Gasteiger partial charge in [0, 0.05) is 17.8 Å². The van der Waals surface area contributed by atoms with Gasteiger partial charge in [0.15, 0.2) is 0 Å². The summed E-state index contributed by atoms with van der Waals surface area (Å²) in [5.74, 6) is 0. The molecule has 2 aromatic carbocycles. The average molecular weight is 310 g/mol. The highest BCUT2D eigenvalue weighted by Gasteiger charge is 2.19. The first kappa shape index (κ1) is 15.6. The Morgan fingerprint density at radius 1 is 1.13 bits per heavy atom.